The van der Waals surface area contributed by atoms with Gasteiger partial charge in [0.05, 0.1) is 6.61 Å². The highest BCUT2D eigenvalue weighted by Crippen LogP contribution is 2.29. The van der Waals surface area contributed by atoms with Crippen LogP contribution in [0.25, 0.3) is 11.0 Å². The minimum absolute atomic E-state index is 0.0843. The first-order valence-corrected chi connectivity index (χ1v) is 9.96. The lowest BCUT2D eigenvalue weighted by molar-refractivity contribution is -0.123. The van der Waals surface area contributed by atoms with Crippen LogP contribution in [-0.4, -0.2) is 24.6 Å². The Labute approximate surface area is 176 Å². The number of carbonyl (C=O) groups excluding carboxylic acids is 2. The number of furan rings is 1. The zero-order valence-corrected chi connectivity index (χ0v) is 18.2. The molecule has 6 nitrogen and oxygen atoms in total. The molecule has 1 amide bonds. The molecule has 30 heavy (non-hydrogen) atoms. The number of hydrogen-bond acceptors (Lipinski definition) is 5. The molecule has 0 aliphatic carbocycles. The summed E-state index contributed by atoms with van der Waals surface area (Å²) >= 11 is 0. The van der Waals surface area contributed by atoms with Crippen LogP contribution >= 0.6 is 0 Å². The number of carbonyl (C=O) groups is 2. The van der Waals surface area contributed by atoms with Gasteiger partial charge in [0.2, 0.25) is 5.76 Å². The standard InChI is InChI=1S/C24H27NO5/c1-7-28-18-8-9-20-19(12-18)16(5)22(30-20)24(27)29-17(6)23(26)25-21-14(3)10-13(2)11-15(21)4/h8-12,17H,7H2,1-6H3,(H,25,26)/t17-/m0/s1. The highest BCUT2D eigenvalue weighted by Gasteiger charge is 2.25. The lowest BCUT2D eigenvalue weighted by Gasteiger charge is -2.16. The molecule has 0 unspecified atom stereocenters. The van der Waals surface area contributed by atoms with E-state index in [9.17, 15) is 9.59 Å². The maximum atomic E-state index is 12.7. The van der Waals surface area contributed by atoms with E-state index in [0.29, 0.717) is 23.5 Å². The lowest BCUT2D eigenvalue weighted by Crippen LogP contribution is -2.30. The van der Waals surface area contributed by atoms with E-state index in [1.54, 1.807) is 19.1 Å². The molecule has 1 N–H and O–H groups in total. The van der Waals surface area contributed by atoms with Gasteiger partial charge in [0, 0.05) is 16.6 Å². The largest absolute Gasteiger partial charge is 0.494 e. The van der Waals surface area contributed by atoms with Gasteiger partial charge in [-0.15, -0.1) is 0 Å². The monoisotopic (exact) mass is 409 g/mol. The summed E-state index contributed by atoms with van der Waals surface area (Å²) in [6, 6.07) is 9.35. The lowest BCUT2D eigenvalue weighted by atomic mass is 10.0. The molecule has 0 saturated carbocycles. The molecular weight excluding hydrogens is 382 g/mol. The Morgan fingerprint density at radius 3 is 2.37 bits per heavy atom. The van der Waals surface area contributed by atoms with E-state index >= 15 is 0 Å². The zero-order valence-electron chi connectivity index (χ0n) is 18.2. The summed E-state index contributed by atoms with van der Waals surface area (Å²) in [6.45, 7) is 11.6. The van der Waals surface area contributed by atoms with E-state index in [2.05, 4.69) is 5.32 Å². The van der Waals surface area contributed by atoms with Crippen LogP contribution in [0, 0.1) is 27.7 Å². The van der Waals surface area contributed by atoms with Crippen LogP contribution in [-0.2, 0) is 9.53 Å². The normalized spacial score (nSPS) is 11.9. The van der Waals surface area contributed by atoms with Crippen molar-refractivity contribution in [3.05, 3.63) is 58.3 Å². The summed E-state index contributed by atoms with van der Waals surface area (Å²) in [7, 11) is 0. The van der Waals surface area contributed by atoms with Crippen LogP contribution in [0.1, 0.15) is 46.7 Å². The molecule has 0 radical (unpaired) electrons. The van der Waals surface area contributed by atoms with E-state index < -0.39 is 18.0 Å². The summed E-state index contributed by atoms with van der Waals surface area (Å²) in [5, 5.41) is 3.64. The Morgan fingerprint density at radius 1 is 1.07 bits per heavy atom. The van der Waals surface area contributed by atoms with Crippen molar-refractivity contribution in [1.29, 1.82) is 0 Å². The van der Waals surface area contributed by atoms with Crippen LogP contribution in [0.3, 0.4) is 0 Å². The maximum Gasteiger partial charge on any atom is 0.375 e. The quantitative estimate of drug-likeness (QED) is 0.563. The Bertz CT molecular complexity index is 1090. The van der Waals surface area contributed by atoms with Crippen LogP contribution in [0.4, 0.5) is 5.69 Å². The summed E-state index contributed by atoms with van der Waals surface area (Å²) in [5.41, 5.74) is 4.97. The van der Waals surface area contributed by atoms with E-state index in [1.165, 1.54) is 6.92 Å². The average molecular weight is 409 g/mol. The fourth-order valence-electron chi connectivity index (χ4n) is 3.52. The molecule has 6 heteroatoms. The van der Waals surface area contributed by atoms with Crippen LogP contribution in [0.2, 0.25) is 0 Å². The molecule has 0 fully saturated rings. The van der Waals surface area contributed by atoms with Gasteiger partial charge in [0.15, 0.2) is 6.10 Å². The third kappa shape index (κ3) is 4.32. The van der Waals surface area contributed by atoms with Gasteiger partial charge >= 0.3 is 5.97 Å². The van der Waals surface area contributed by atoms with Crippen LogP contribution in [0.15, 0.2) is 34.7 Å². The second kappa shape index (κ2) is 8.61. The number of esters is 1. The SMILES string of the molecule is CCOc1ccc2oc(C(=O)O[C@@H](C)C(=O)Nc3c(C)cc(C)cc3C)c(C)c2c1. The van der Waals surface area contributed by atoms with Gasteiger partial charge < -0.3 is 19.2 Å². The fourth-order valence-corrected chi connectivity index (χ4v) is 3.52. The van der Waals surface area contributed by atoms with E-state index in [0.717, 1.165) is 27.8 Å². The highest BCUT2D eigenvalue weighted by atomic mass is 16.6. The van der Waals surface area contributed by atoms with Crippen molar-refractivity contribution in [3.8, 4) is 5.75 Å². The maximum absolute atomic E-state index is 12.7. The first kappa shape index (κ1) is 21.4. The Balaban J connectivity index is 1.75. The molecule has 1 aromatic heterocycles. The molecule has 2 aromatic carbocycles. The number of amides is 1. The van der Waals surface area contributed by atoms with Crippen molar-refractivity contribution >= 4 is 28.5 Å². The van der Waals surface area contributed by atoms with Crippen LogP contribution < -0.4 is 10.1 Å². The van der Waals surface area contributed by atoms with Crippen LogP contribution in [0.5, 0.6) is 5.75 Å². The van der Waals surface area contributed by atoms with Crippen molar-refractivity contribution in [1.82, 2.24) is 0 Å². The minimum atomic E-state index is -0.982. The van der Waals surface area contributed by atoms with E-state index in [4.69, 9.17) is 13.9 Å². The molecule has 3 aromatic rings. The Kier molecular flexibility index (Phi) is 6.15. The summed E-state index contributed by atoms with van der Waals surface area (Å²) < 4.78 is 16.6. The molecule has 0 saturated heterocycles. The van der Waals surface area contributed by atoms with Gasteiger partial charge in [0.25, 0.3) is 5.91 Å². The van der Waals surface area contributed by atoms with Gasteiger partial charge in [-0.2, -0.15) is 0 Å². The number of hydrogen-bond donors (Lipinski definition) is 1. The third-order valence-corrected chi connectivity index (χ3v) is 4.98. The second-order valence-electron chi connectivity index (χ2n) is 7.46. The Morgan fingerprint density at radius 2 is 1.73 bits per heavy atom. The second-order valence-corrected chi connectivity index (χ2v) is 7.46. The van der Waals surface area contributed by atoms with Gasteiger partial charge in [-0.25, -0.2) is 4.79 Å². The van der Waals surface area contributed by atoms with Crippen molar-refractivity contribution in [2.75, 3.05) is 11.9 Å². The average Bonchev–Trinajstić information content (AvgIpc) is 3.01. The number of anilines is 1. The molecule has 0 bridgehead atoms. The smallest absolute Gasteiger partial charge is 0.375 e. The van der Waals surface area contributed by atoms with E-state index in [1.807, 2.05) is 45.9 Å². The number of rotatable bonds is 6. The van der Waals surface area contributed by atoms with Crippen molar-refractivity contribution in [2.45, 2.75) is 47.6 Å². The van der Waals surface area contributed by atoms with Gasteiger partial charge in [0.1, 0.15) is 11.3 Å². The van der Waals surface area contributed by atoms with Gasteiger partial charge in [-0.1, -0.05) is 17.7 Å². The molecule has 1 atom stereocenters. The summed E-state index contributed by atoms with van der Waals surface area (Å²) in [6.07, 6.45) is -0.982. The van der Waals surface area contributed by atoms with Crippen molar-refractivity contribution in [3.63, 3.8) is 0 Å². The number of benzene rings is 2. The predicted molar refractivity (Wildman–Crippen MR) is 116 cm³/mol. The molecule has 0 aliphatic heterocycles. The van der Waals surface area contributed by atoms with Crippen molar-refractivity contribution < 1.29 is 23.5 Å². The molecular formula is C24H27NO5. The molecule has 158 valence electrons. The third-order valence-electron chi connectivity index (χ3n) is 4.98. The van der Waals surface area contributed by atoms with Gasteiger partial charge in [-0.3, -0.25) is 4.79 Å². The topological polar surface area (TPSA) is 77.8 Å². The van der Waals surface area contributed by atoms with Gasteiger partial charge in [-0.05, 0) is 70.9 Å². The van der Waals surface area contributed by atoms with E-state index in [-0.39, 0.29) is 5.76 Å². The predicted octanol–water partition coefficient (Wildman–Crippen LogP) is 5.25. The number of ether oxygens (including phenoxy) is 2. The number of fused-ring (bicyclic) bond motifs is 1. The first-order valence-electron chi connectivity index (χ1n) is 9.96. The fraction of sp³-hybridized carbons (Fsp3) is 0.333. The number of nitrogens with one attached hydrogen (secondary N) is 1. The molecule has 3 rings (SSSR count). The minimum Gasteiger partial charge on any atom is -0.494 e. The molecule has 0 spiro atoms. The molecule has 0 aliphatic rings. The number of aryl methyl sites for hydroxylation is 4. The first-order chi connectivity index (χ1) is 14.2. The zero-order chi connectivity index (χ0) is 22.0. The molecule has 1 heterocycles. The summed E-state index contributed by atoms with van der Waals surface area (Å²) in [4.78, 5) is 25.3. The summed E-state index contributed by atoms with van der Waals surface area (Å²) in [5.74, 6) is -0.293. The highest BCUT2D eigenvalue weighted by molar-refractivity contribution is 6.00. The Hall–Kier alpha value is -3.28. The van der Waals surface area contributed by atoms with Crippen molar-refractivity contribution in [2.24, 2.45) is 0 Å².